The number of nitrogens with zero attached hydrogens (tertiary/aromatic N) is 2. The third-order valence-corrected chi connectivity index (χ3v) is 4.26. The summed E-state index contributed by atoms with van der Waals surface area (Å²) >= 11 is 1.72. The third-order valence-electron chi connectivity index (χ3n) is 3.21. The first-order chi connectivity index (χ1) is 10.4. The van der Waals surface area contributed by atoms with Gasteiger partial charge in [0.15, 0.2) is 0 Å². The maximum atomic E-state index is 4.47. The number of nitrogens with one attached hydrogen (secondary N) is 1. The Labute approximate surface area is 128 Å². The Bertz CT molecular complexity index is 665. The number of hydrogen-bond acceptors (Lipinski definition) is 4. The highest BCUT2D eigenvalue weighted by molar-refractivity contribution is 7.15. The van der Waals surface area contributed by atoms with Gasteiger partial charge in [-0.15, -0.1) is 11.3 Å². The minimum Gasteiger partial charge on any atom is -0.310 e. The normalized spacial score (nSPS) is 10.7. The minimum atomic E-state index is 0.817. The average Bonchev–Trinajstić information content (AvgIpc) is 3.02. The zero-order valence-corrected chi connectivity index (χ0v) is 12.5. The third kappa shape index (κ3) is 3.97. The lowest BCUT2D eigenvalue weighted by molar-refractivity contribution is 0.684. The van der Waals surface area contributed by atoms with Gasteiger partial charge in [-0.1, -0.05) is 36.4 Å². The molecule has 4 heteroatoms. The van der Waals surface area contributed by atoms with Gasteiger partial charge in [-0.3, -0.25) is 4.98 Å². The molecule has 0 saturated carbocycles. The van der Waals surface area contributed by atoms with Crippen LogP contribution in [-0.2, 0) is 13.0 Å². The van der Waals surface area contributed by atoms with Crippen LogP contribution < -0.4 is 5.32 Å². The molecule has 0 aliphatic heterocycles. The van der Waals surface area contributed by atoms with E-state index in [0.29, 0.717) is 0 Å². The fraction of sp³-hybridized carbons (Fsp3) is 0.176. The molecule has 0 aliphatic rings. The number of benzene rings is 1. The predicted molar refractivity (Wildman–Crippen MR) is 87.2 cm³/mol. The molecule has 0 unspecified atom stereocenters. The number of thiazole rings is 1. The van der Waals surface area contributed by atoms with E-state index < -0.39 is 0 Å². The quantitative estimate of drug-likeness (QED) is 0.707. The van der Waals surface area contributed by atoms with Crippen LogP contribution in [0.5, 0.6) is 0 Å². The molecule has 3 aromatic rings. The Balaban J connectivity index is 1.49. The molecule has 3 nitrogen and oxygen atoms in total. The molecule has 0 fully saturated rings. The van der Waals surface area contributed by atoms with Crippen molar-refractivity contribution in [3.8, 4) is 10.4 Å². The summed E-state index contributed by atoms with van der Waals surface area (Å²) in [6.45, 7) is 1.78. The van der Waals surface area contributed by atoms with E-state index in [-0.39, 0.29) is 0 Å². The molecule has 0 bridgehead atoms. The van der Waals surface area contributed by atoms with Crippen LogP contribution in [0.1, 0.15) is 10.6 Å². The molecule has 0 radical (unpaired) electrons. The summed E-state index contributed by atoms with van der Waals surface area (Å²) in [5.74, 6) is 0. The molecule has 1 N–H and O–H groups in total. The van der Waals surface area contributed by atoms with E-state index in [0.717, 1.165) is 30.1 Å². The summed E-state index contributed by atoms with van der Waals surface area (Å²) in [6, 6.07) is 14.5. The number of rotatable bonds is 6. The predicted octanol–water partition coefficient (Wildman–Crippen LogP) is 3.54. The second-order valence-corrected chi connectivity index (χ2v) is 5.89. The zero-order valence-electron chi connectivity index (χ0n) is 11.7. The van der Waals surface area contributed by atoms with Gasteiger partial charge in [0.05, 0.1) is 4.88 Å². The molecule has 0 spiro atoms. The van der Waals surface area contributed by atoms with Gasteiger partial charge < -0.3 is 5.32 Å². The zero-order chi connectivity index (χ0) is 14.3. The van der Waals surface area contributed by atoms with Crippen molar-refractivity contribution in [2.24, 2.45) is 0 Å². The summed E-state index contributed by atoms with van der Waals surface area (Å²) in [6.07, 6.45) is 6.63. The van der Waals surface area contributed by atoms with Crippen LogP contribution in [0.25, 0.3) is 10.4 Å². The van der Waals surface area contributed by atoms with Crippen molar-refractivity contribution in [2.75, 3.05) is 6.54 Å². The van der Waals surface area contributed by atoms with E-state index in [4.69, 9.17) is 0 Å². The molecule has 0 amide bonds. The van der Waals surface area contributed by atoms with Crippen molar-refractivity contribution in [3.63, 3.8) is 0 Å². The van der Waals surface area contributed by atoms with Gasteiger partial charge >= 0.3 is 0 Å². The molecular weight excluding hydrogens is 278 g/mol. The standard InChI is InChI=1S/C17H17N3S/c1-2-5-14(6-3-1)8-10-19-13-17-20-12-16(21-17)15-7-4-9-18-11-15/h1-7,9,11-12,19H,8,10,13H2. The van der Waals surface area contributed by atoms with Crippen molar-refractivity contribution in [2.45, 2.75) is 13.0 Å². The Hall–Kier alpha value is -2.04. The fourth-order valence-corrected chi connectivity index (χ4v) is 2.98. The smallest absolute Gasteiger partial charge is 0.107 e. The van der Waals surface area contributed by atoms with Crippen molar-refractivity contribution in [1.82, 2.24) is 15.3 Å². The largest absolute Gasteiger partial charge is 0.310 e. The second kappa shape index (κ2) is 7.11. The molecule has 3 rings (SSSR count). The Morgan fingerprint density at radius 1 is 1.00 bits per heavy atom. The molecular formula is C17H17N3S. The van der Waals surface area contributed by atoms with E-state index in [2.05, 4.69) is 45.6 Å². The van der Waals surface area contributed by atoms with Crippen LogP contribution in [0.15, 0.2) is 61.1 Å². The van der Waals surface area contributed by atoms with Gasteiger partial charge in [0.25, 0.3) is 0 Å². The van der Waals surface area contributed by atoms with Gasteiger partial charge in [-0.05, 0) is 24.6 Å². The van der Waals surface area contributed by atoms with Crippen molar-refractivity contribution < 1.29 is 0 Å². The van der Waals surface area contributed by atoms with E-state index in [1.54, 1.807) is 17.5 Å². The van der Waals surface area contributed by atoms with E-state index in [9.17, 15) is 0 Å². The van der Waals surface area contributed by atoms with E-state index in [1.165, 1.54) is 10.4 Å². The maximum Gasteiger partial charge on any atom is 0.107 e. The summed E-state index contributed by atoms with van der Waals surface area (Å²) < 4.78 is 0. The molecule has 1 aromatic carbocycles. The van der Waals surface area contributed by atoms with Crippen LogP contribution in [0.4, 0.5) is 0 Å². The summed E-state index contributed by atoms with van der Waals surface area (Å²) in [7, 11) is 0. The van der Waals surface area contributed by atoms with Crippen LogP contribution in [0, 0.1) is 0 Å². The van der Waals surface area contributed by atoms with E-state index in [1.807, 2.05) is 24.5 Å². The lowest BCUT2D eigenvalue weighted by atomic mass is 10.1. The topological polar surface area (TPSA) is 37.8 Å². The maximum absolute atomic E-state index is 4.47. The highest BCUT2D eigenvalue weighted by atomic mass is 32.1. The Morgan fingerprint density at radius 2 is 1.90 bits per heavy atom. The highest BCUT2D eigenvalue weighted by Crippen LogP contribution is 2.24. The molecule has 2 aromatic heterocycles. The van der Waals surface area contributed by atoms with E-state index >= 15 is 0 Å². The molecule has 0 aliphatic carbocycles. The lowest BCUT2D eigenvalue weighted by Crippen LogP contribution is -2.16. The monoisotopic (exact) mass is 295 g/mol. The Kier molecular flexibility index (Phi) is 4.71. The average molecular weight is 295 g/mol. The van der Waals surface area contributed by atoms with Crippen LogP contribution >= 0.6 is 11.3 Å². The number of hydrogen-bond donors (Lipinski definition) is 1. The van der Waals surface area contributed by atoms with Crippen LogP contribution in [0.3, 0.4) is 0 Å². The number of aromatic nitrogens is 2. The summed E-state index contributed by atoms with van der Waals surface area (Å²) in [4.78, 5) is 9.78. The van der Waals surface area contributed by atoms with Crippen LogP contribution in [-0.4, -0.2) is 16.5 Å². The first kappa shape index (κ1) is 13.9. The van der Waals surface area contributed by atoms with Gasteiger partial charge in [0.1, 0.15) is 5.01 Å². The first-order valence-corrected chi connectivity index (χ1v) is 7.83. The van der Waals surface area contributed by atoms with Crippen molar-refractivity contribution in [1.29, 1.82) is 0 Å². The highest BCUT2D eigenvalue weighted by Gasteiger charge is 2.04. The van der Waals surface area contributed by atoms with Crippen molar-refractivity contribution in [3.05, 3.63) is 71.6 Å². The van der Waals surface area contributed by atoms with Crippen molar-refractivity contribution >= 4 is 11.3 Å². The van der Waals surface area contributed by atoms with Gasteiger partial charge in [-0.2, -0.15) is 0 Å². The molecule has 0 atom stereocenters. The van der Waals surface area contributed by atoms with Gasteiger partial charge in [-0.25, -0.2) is 4.98 Å². The molecule has 2 heterocycles. The Morgan fingerprint density at radius 3 is 2.71 bits per heavy atom. The SMILES string of the molecule is c1ccc(CCNCc2ncc(-c3cccnc3)s2)cc1. The molecule has 0 saturated heterocycles. The molecule has 106 valence electrons. The summed E-state index contributed by atoms with van der Waals surface area (Å²) in [5, 5.41) is 4.56. The molecule has 21 heavy (non-hydrogen) atoms. The second-order valence-electron chi connectivity index (χ2n) is 4.77. The first-order valence-electron chi connectivity index (χ1n) is 7.01. The lowest BCUT2D eigenvalue weighted by Gasteiger charge is -2.02. The minimum absolute atomic E-state index is 0.817. The van der Waals surface area contributed by atoms with Gasteiger partial charge in [0.2, 0.25) is 0 Å². The van der Waals surface area contributed by atoms with Gasteiger partial charge in [0, 0.05) is 30.7 Å². The van der Waals surface area contributed by atoms with Crippen LogP contribution in [0.2, 0.25) is 0 Å². The summed E-state index contributed by atoms with van der Waals surface area (Å²) in [5.41, 5.74) is 2.49. The fourth-order valence-electron chi connectivity index (χ4n) is 2.11. The number of pyridine rings is 1.